The minimum absolute atomic E-state index is 0.0267. The number of carbonyl (C=O) groups excluding carboxylic acids is 1. The number of nitrogens with zero attached hydrogens (tertiary/aromatic N) is 4. The Bertz CT molecular complexity index is 1640. The van der Waals surface area contributed by atoms with Gasteiger partial charge in [0.15, 0.2) is 0 Å². The van der Waals surface area contributed by atoms with Crippen LogP contribution in [0.15, 0.2) is 65.5 Å². The lowest BCUT2D eigenvalue weighted by atomic mass is 10.1. The highest BCUT2D eigenvalue weighted by molar-refractivity contribution is 6.33. The maximum absolute atomic E-state index is 13.5. The van der Waals surface area contributed by atoms with Crippen molar-refractivity contribution in [2.24, 2.45) is 0 Å². The summed E-state index contributed by atoms with van der Waals surface area (Å²) >= 11 is 6.01. The average Bonchev–Trinajstić information content (AvgIpc) is 3.26. The molecule has 0 radical (unpaired) electrons. The van der Waals surface area contributed by atoms with Crippen molar-refractivity contribution < 1.29 is 9.18 Å². The lowest BCUT2D eigenvalue weighted by molar-refractivity contribution is 0.101. The third-order valence-corrected chi connectivity index (χ3v) is 5.85. The van der Waals surface area contributed by atoms with E-state index >= 15 is 0 Å². The van der Waals surface area contributed by atoms with Crippen molar-refractivity contribution >= 4 is 39.9 Å². The molecule has 1 amide bonds. The number of benzene rings is 3. The number of amides is 1. The minimum atomic E-state index is -0.665. The Morgan fingerprint density at radius 2 is 1.74 bits per heavy atom. The number of anilines is 1. The van der Waals surface area contributed by atoms with Crippen LogP contribution in [0.3, 0.4) is 0 Å². The number of aromatic nitrogens is 4. The van der Waals surface area contributed by atoms with Crippen molar-refractivity contribution in [3.8, 4) is 0 Å². The fourth-order valence-electron chi connectivity index (χ4n) is 3.78. The van der Waals surface area contributed by atoms with Gasteiger partial charge in [0, 0.05) is 0 Å². The highest BCUT2D eigenvalue weighted by atomic mass is 35.5. The normalized spacial score (nSPS) is 11.3. The summed E-state index contributed by atoms with van der Waals surface area (Å²) in [6.07, 6.45) is 0. The van der Waals surface area contributed by atoms with E-state index in [2.05, 4.69) is 15.4 Å². The topological polar surface area (TPSA) is 81.3 Å². The molecule has 3 aromatic carbocycles. The van der Waals surface area contributed by atoms with Crippen LogP contribution < -0.4 is 10.9 Å². The number of rotatable bonds is 4. The summed E-state index contributed by atoms with van der Waals surface area (Å²) in [6, 6.07) is 17.2. The molecule has 0 unspecified atom stereocenters. The van der Waals surface area contributed by atoms with E-state index in [0.29, 0.717) is 17.6 Å². The van der Waals surface area contributed by atoms with Gasteiger partial charge in [-0.05, 0) is 55.3 Å². The second-order valence-electron chi connectivity index (χ2n) is 8.12. The number of halogens is 2. The van der Waals surface area contributed by atoms with Crippen molar-refractivity contribution in [1.82, 2.24) is 19.2 Å². The Morgan fingerprint density at radius 3 is 2.47 bits per heavy atom. The van der Waals surface area contributed by atoms with Crippen molar-refractivity contribution in [3.05, 3.63) is 104 Å². The Morgan fingerprint density at radius 1 is 1.00 bits per heavy atom. The van der Waals surface area contributed by atoms with Crippen LogP contribution in [0.2, 0.25) is 5.02 Å². The van der Waals surface area contributed by atoms with E-state index in [4.69, 9.17) is 11.6 Å². The first kappa shape index (κ1) is 21.8. The summed E-state index contributed by atoms with van der Waals surface area (Å²) in [6.45, 7) is 4.29. The summed E-state index contributed by atoms with van der Waals surface area (Å²) < 4.78 is 16.3. The molecular formula is C25H19ClFN5O2. The first-order valence-electron chi connectivity index (χ1n) is 10.5. The summed E-state index contributed by atoms with van der Waals surface area (Å²) in [5.74, 6) is -1.39. The van der Waals surface area contributed by atoms with Crippen LogP contribution in [0.25, 0.3) is 16.7 Å². The summed E-state index contributed by atoms with van der Waals surface area (Å²) in [4.78, 5) is 30.5. The van der Waals surface area contributed by atoms with Crippen molar-refractivity contribution in [3.63, 3.8) is 0 Å². The van der Waals surface area contributed by atoms with Crippen LogP contribution >= 0.6 is 11.6 Å². The number of hydrogen-bond acceptors (Lipinski definition) is 4. The van der Waals surface area contributed by atoms with Gasteiger partial charge in [0.1, 0.15) is 5.82 Å². The van der Waals surface area contributed by atoms with E-state index in [0.717, 1.165) is 22.8 Å². The van der Waals surface area contributed by atoms with Gasteiger partial charge in [-0.15, -0.1) is 5.10 Å². The Kier molecular flexibility index (Phi) is 5.37. The maximum Gasteiger partial charge on any atom is 0.296 e. The van der Waals surface area contributed by atoms with Crippen molar-refractivity contribution in [2.45, 2.75) is 20.4 Å². The molecule has 0 spiro atoms. The molecule has 7 nitrogen and oxygen atoms in total. The van der Waals surface area contributed by atoms with Crippen LogP contribution in [-0.2, 0) is 6.54 Å². The number of aryl methyl sites for hydroxylation is 2. The molecule has 0 saturated heterocycles. The first-order chi connectivity index (χ1) is 16.3. The summed E-state index contributed by atoms with van der Waals surface area (Å²) in [7, 11) is 0. The van der Waals surface area contributed by atoms with Gasteiger partial charge in [0.25, 0.3) is 11.5 Å². The zero-order valence-electron chi connectivity index (χ0n) is 18.3. The zero-order chi connectivity index (χ0) is 24.0. The van der Waals surface area contributed by atoms with Gasteiger partial charge in [-0.1, -0.05) is 47.5 Å². The highest BCUT2D eigenvalue weighted by Gasteiger charge is 2.20. The fourth-order valence-corrected chi connectivity index (χ4v) is 3.99. The van der Waals surface area contributed by atoms with Gasteiger partial charge in [0.05, 0.1) is 28.3 Å². The van der Waals surface area contributed by atoms with Crippen LogP contribution in [-0.4, -0.2) is 25.1 Å². The molecule has 0 fully saturated rings. The molecule has 0 aliphatic rings. The molecule has 170 valence electrons. The van der Waals surface area contributed by atoms with E-state index in [1.807, 2.05) is 56.3 Å². The molecule has 2 aromatic heterocycles. The largest absolute Gasteiger partial charge is 0.318 e. The van der Waals surface area contributed by atoms with E-state index in [-0.39, 0.29) is 27.7 Å². The average molecular weight is 476 g/mol. The van der Waals surface area contributed by atoms with Gasteiger partial charge in [-0.25, -0.2) is 8.91 Å². The molecule has 34 heavy (non-hydrogen) atoms. The van der Waals surface area contributed by atoms with E-state index in [1.54, 1.807) is 4.57 Å². The summed E-state index contributed by atoms with van der Waals surface area (Å²) in [5, 5.41) is 6.90. The Hall–Kier alpha value is -4.04. The van der Waals surface area contributed by atoms with E-state index in [9.17, 15) is 14.0 Å². The quantitative estimate of drug-likeness (QED) is 0.406. The molecular weight excluding hydrogens is 457 g/mol. The van der Waals surface area contributed by atoms with Gasteiger partial charge in [-0.3, -0.25) is 14.2 Å². The molecule has 2 heterocycles. The van der Waals surface area contributed by atoms with E-state index < -0.39 is 11.7 Å². The molecule has 5 rings (SSSR count). The standard InChI is InChI=1S/C25H19ClFN5O2/c1-14-3-6-16(7-4-14)13-31-21-11-15(2)5-10-20(21)32-23(25(31)34)29-22(30-32)24(33)28-19-9-8-17(27)12-18(19)26/h3-12H,13H2,1-2H3,(H,28,33). The summed E-state index contributed by atoms with van der Waals surface area (Å²) in [5.41, 5.74) is 4.25. The predicted molar refractivity (Wildman–Crippen MR) is 129 cm³/mol. The van der Waals surface area contributed by atoms with Crippen LogP contribution in [0, 0.1) is 19.7 Å². The van der Waals surface area contributed by atoms with Gasteiger partial charge in [0.2, 0.25) is 11.5 Å². The lowest BCUT2D eigenvalue weighted by Gasteiger charge is -2.12. The van der Waals surface area contributed by atoms with Crippen LogP contribution in [0.5, 0.6) is 0 Å². The van der Waals surface area contributed by atoms with Gasteiger partial charge >= 0.3 is 0 Å². The van der Waals surface area contributed by atoms with Gasteiger partial charge in [-0.2, -0.15) is 4.98 Å². The molecule has 0 aliphatic carbocycles. The van der Waals surface area contributed by atoms with Crippen molar-refractivity contribution in [1.29, 1.82) is 0 Å². The third-order valence-electron chi connectivity index (χ3n) is 5.54. The molecule has 5 aromatic rings. The number of fused-ring (bicyclic) bond motifs is 3. The highest BCUT2D eigenvalue weighted by Crippen LogP contribution is 2.23. The Balaban J connectivity index is 1.63. The van der Waals surface area contributed by atoms with Gasteiger partial charge < -0.3 is 5.32 Å². The second-order valence-corrected chi connectivity index (χ2v) is 8.53. The SMILES string of the molecule is Cc1ccc(Cn2c(=O)c3nc(C(=O)Nc4ccc(F)cc4Cl)nn3c3ccc(C)cc32)cc1. The molecule has 1 N–H and O–H groups in total. The number of nitrogens with one attached hydrogen (secondary N) is 1. The van der Waals surface area contributed by atoms with Crippen LogP contribution in [0.1, 0.15) is 27.3 Å². The maximum atomic E-state index is 13.5. The smallest absolute Gasteiger partial charge is 0.296 e. The van der Waals surface area contributed by atoms with Crippen LogP contribution in [0.4, 0.5) is 10.1 Å². The lowest BCUT2D eigenvalue weighted by Crippen LogP contribution is -2.24. The van der Waals surface area contributed by atoms with Crippen molar-refractivity contribution in [2.75, 3.05) is 5.32 Å². The Labute approximate surface area is 198 Å². The molecule has 0 bridgehead atoms. The molecule has 0 saturated carbocycles. The number of carbonyl (C=O) groups is 1. The second kappa shape index (κ2) is 8.39. The predicted octanol–water partition coefficient (Wildman–Crippen LogP) is 4.75. The number of hydrogen-bond donors (Lipinski definition) is 1. The monoisotopic (exact) mass is 475 g/mol. The minimum Gasteiger partial charge on any atom is -0.318 e. The van der Waals surface area contributed by atoms with E-state index in [1.165, 1.54) is 16.6 Å². The fraction of sp³-hybridized carbons (Fsp3) is 0.120. The molecule has 0 atom stereocenters. The third kappa shape index (κ3) is 3.92. The first-order valence-corrected chi connectivity index (χ1v) is 10.9. The molecule has 0 aliphatic heterocycles. The molecule has 9 heteroatoms. The zero-order valence-corrected chi connectivity index (χ0v) is 19.1.